The maximum atomic E-state index is 9.90. The molecule has 4 heteroatoms. The monoisotopic (exact) mass is 258 g/mol. The summed E-state index contributed by atoms with van der Waals surface area (Å²) in [6.45, 7) is 3.16. The highest BCUT2D eigenvalue weighted by Gasteiger charge is 2.14. The van der Waals surface area contributed by atoms with Gasteiger partial charge in [-0.25, -0.2) is 0 Å². The minimum absolute atomic E-state index is 0.00541. The van der Waals surface area contributed by atoms with Crippen LogP contribution in [0.2, 0.25) is 0 Å². The smallest absolute Gasteiger partial charge is 0.126 e. The Morgan fingerprint density at radius 2 is 1.05 bits per heavy atom. The first-order chi connectivity index (χ1) is 8.91. The van der Waals surface area contributed by atoms with E-state index in [1.54, 1.807) is 13.8 Å². The molecule has 0 aliphatic carbocycles. The third-order valence-corrected chi connectivity index (χ3v) is 3.07. The van der Waals surface area contributed by atoms with E-state index in [4.69, 9.17) is 0 Å². The van der Waals surface area contributed by atoms with Crippen LogP contribution in [0.4, 0.5) is 0 Å². The van der Waals surface area contributed by atoms with Crippen LogP contribution >= 0.6 is 0 Å². The molecule has 0 saturated carbocycles. The van der Waals surface area contributed by atoms with Gasteiger partial charge in [0.05, 0.1) is 6.42 Å². The van der Waals surface area contributed by atoms with Crippen LogP contribution in [0.15, 0.2) is 24.3 Å². The van der Waals surface area contributed by atoms with E-state index < -0.39 is 0 Å². The topological polar surface area (TPSA) is 80.9 Å². The van der Waals surface area contributed by atoms with Crippen molar-refractivity contribution in [2.45, 2.75) is 13.8 Å². The first-order valence-electron chi connectivity index (χ1n) is 5.72. The van der Waals surface area contributed by atoms with Crippen molar-refractivity contribution in [2.75, 3.05) is 0 Å². The molecule has 0 aliphatic heterocycles. The number of hydrogen-bond acceptors (Lipinski definition) is 4. The van der Waals surface area contributed by atoms with Crippen LogP contribution < -0.4 is 0 Å². The Labute approximate surface area is 111 Å². The summed E-state index contributed by atoms with van der Waals surface area (Å²) in [7, 11) is 0. The molecule has 2 rings (SSSR count). The second-order valence-corrected chi connectivity index (χ2v) is 4.34. The van der Waals surface area contributed by atoms with Gasteiger partial charge >= 0.3 is 0 Å². The van der Waals surface area contributed by atoms with Crippen LogP contribution in [-0.4, -0.2) is 20.4 Å². The molecule has 0 aromatic heterocycles. The minimum Gasteiger partial charge on any atom is -0.508 e. The summed E-state index contributed by atoms with van der Waals surface area (Å²) in [5.74, 6) is -0.196. The molecule has 0 aliphatic rings. The summed E-state index contributed by atoms with van der Waals surface area (Å²) in [5, 5.41) is 38.7. The van der Waals surface area contributed by atoms with E-state index in [1.165, 1.54) is 24.3 Å². The van der Waals surface area contributed by atoms with Crippen molar-refractivity contribution >= 4 is 0 Å². The lowest BCUT2D eigenvalue weighted by Gasteiger charge is -2.11. The van der Waals surface area contributed by atoms with Gasteiger partial charge in [0.1, 0.15) is 23.0 Å². The Hall–Kier alpha value is -2.36. The molecule has 4 N–H and O–H groups in total. The van der Waals surface area contributed by atoms with Crippen LogP contribution in [0.25, 0.3) is 0 Å². The van der Waals surface area contributed by atoms with Gasteiger partial charge in [0.2, 0.25) is 0 Å². The van der Waals surface area contributed by atoms with Crippen molar-refractivity contribution in [2.24, 2.45) is 0 Å². The molecular formula is C15H14O4. The van der Waals surface area contributed by atoms with Crippen LogP contribution in [0.3, 0.4) is 0 Å². The van der Waals surface area contributed by atoms with Gasteiger partial charge in [-0.1, -0.05) is 12.1 Å². The molecule has 98 valence electrons. The second kappa shape index (κ2) is 4.72. The molecule has 0 amide bonds. The van der Waals surface area contributed by atoms with Crippen LogP contribution in [0, 0.1) is 20.3 Å². The fourth-order valence-corrected chi connectivity index (χ4v) is 1.73. The Morgan fingerprint density at radius 3 is 1.42 bits per heavy atom. The van der Waals surface area contributed by atoms with E-state index in [9.17, 15) is 20.4 Å². The van der Waals surface area contributed by atoms with Crippen molar-refractivity contribution in [3.05, 3.63) is 52.9 Å². The third kappa shape index (κ3) is 2.29. The van der Waals surface area contributed by atoms with Gasteiger partial charge in [-0.15, -0.1) is 0 Å². The van der Waals surface area contributed by atoms with Crippen molar-refractivity contribution in [1.82, 2.24) is 0 Å². The Morgan fingerprint density at radius 1 is 0.684 bits per heavy atom. The SMILES string of the molecule is Cc1c(O)ccc([C]c2ccc(O)c(C)c2O)c1O. The number of benzene rings is 2. The first-order valence-corrected chi connectivity index (χ1v) is 5.72. The summed E-state index contributed by atoms with van der Waals surface area (Å²) >= 11 is 0. The molecule has 0 spiro atoms. The molecule has 19 heavy (non-hydrogen) atoms. The maximum Gasteiger partial charge on any atom is 0.126 e. The standard InChI is InChI=1S/C15H14O4/c1-8-12(16)5-3-10(14(8)18)7-11-4-6-13(17)9(2)15(11)19/h3-6,16-19H,1-2H3. The molecule has 0 fully saturated rings. The highest BCUT2D eigenvalue weighted by Crippen LogP contribution is 2.36. The predicted octanol–water partition coefficient (Wildman–Crippen LogP) is 2.60. The number of phenols is 4. The molecule has 2 radical (unpaired) electrons. The van der Waals surface area contributed by atoms with Gasteiger partial charge in [-0.3, -0.25) is 0 Å². The highest BCUT2D eigenvalue weighted by molar-refractivity contribution is 5.58. The molecule has 0 saturated heterocycles. The molecule has 0 atom stereocenters. The third-order valence-electron chi connectivity index (χ3n) is 3.07. The van der Waals surface area contributed by atoms with Gasteiger partial charge in [-0.05, 0) is 26.0 Å². The van der Waals surface area contributed by atoms with Crippen molar-refractivity contribution < 1.29 is 20.4 Å². The Bertz CT molecular complexity index is 577. The Kier molecular flexibility index (Phi) is 3.25. The zero-order chi connectivity index (χ0) is 14.2. The molecule has 0 bridgehead atoms. The minimum atomic E-state index is -0.0925. The maximum absolute atomic E-state index is 9.90. The van der Waals surface area contributed by atoms with Gasteiger partial charge in [-0.2, -0.15) is 0 Å². The van der Waals surface area contributed by atoms with E-state index in [0.717, 1.165) is 0 Å². The first kappa shape index (κ1) is 13.1. The van der Waals surface area contributed by atoms with Gasteiger partial charge < -0.3 is 20.4 Å². The van der Waals surface area contributed by atoms with Crippen LogP contribution in [0.5, 0.6) is 23.0 Å². The Balaban J connectivity index is 2.43. The molecule has 2 aromatic rings. The van der Waals surface area contributed by atoms with Gasteiger partial charge in [0.25, 0.3) is 0 Å². The van der Waals surface area contributed by atoms with E-state index >= 15 is 0 Å². The molecule has 2 aromatic carbocycles. The quantitative estimate of drug-likeness (QED) is 0.667. The normalized spacial score (nSPS) is 10.6. The molecule has 4 nitrogen and oxygen atoms in total. The van der Waals surface area contributed by atoms with E-state index in [1.807, 2.05) is 0 Å². The summed E-state index contributed by atoms with van der Waals surface area (Å²) in [5.41, 5.74) is 1.41. The number of phenolic OH excluding ortho intramolecular Hbond substituents is 4. The van der Waals surface area contributed by atoms with E-state index in [2.05, 4.69) is 6.42 Å². The number of rotatable bonds is 2. The van der Waals surface area contributed by atoms with E-state index in [-0.39, 0.29) is 23.0 Å². The number of aromatic hydroxyl groups is 4. The summed E-state index contributed by atoms with van der Waals surface area (Å²) < 4.78 is 0. The predicted molar refractivity (Wildman–Crippen MR) is 70.5 cm³/mol. The average molecular weight is 258 g/mol. The van der Waals surface area contributed by atoms with Crippen molar-refractivity contribution in [3.8, 4) is 23.0 Å². The second-order valence-electron chi connectivity index (χ2n) is 4.34. The van der Waals surface area contributed by atoms with Crippen LogP contribution in [0.1, 0.15) is 22.3 Å². The fourth-order valence-electron chi connectivity index (χ4n) is 1.73. The van der Waals surface area contributed by atoms with Crippen LogP contribution in [-0.2, 0) is 0 Å². The summed E-state index contributed by atoms with van der Waals surface area (Å²) in [6.07, 6.45) is 2.85. The lowest BCUT2D eigenvalue weighted by Crippen LogP contribution is -1.91. The summed E-state index contributed by atoms with van der Waals surface area (Å²) in [4.78, 5) is 0. The van der Waals surface area contributed by atoms with Gasteiger partial charge in [0.15, 0.2) is 0 Å². The fraction of sp³-hybridized carbons (Fsp3) is 0.133. The zero-order valence-corrected chi connectivity index (χ0v) is 10.6. The lowest BCUT2D eigenvalue weighted by molar-refractivity contribution is 0.439. The lowest BCUT2D eigenvalue weighted by atomic mass is 9.98. The van der Waals surface area contributed by atoms with E-state index in [0.29, 0.717) is 22.3 Å². The highest BCUT2D eigenvalue weighted by atomic mass is 16.3. The zero-order valence-electron chi connectivity index (χ0n) is 10.6. The van der Waals surface area contributed by atoms with Crippen molar-refractivity contribution in [1.29, 1.82) is 0 Å². The van der Waals surface area contributed by atoms with Gasteiger partial charge in [0, 0.05) is 22.3 Å². The average Bonchev–Trinajstić information content (AvgIpc) is 2.39. The largest absolute Gasteiger partial charge is 0.508 e. The molecule has 0 unspecified atom stereocenters. The molecular weight excluding hydrogens is 244 g/mol. The summed E-state index contributed by atoms with van der Waals surface area (Å²) in [6, 6.07) is 5.89. The molecule has 0 heterocycles. The van der Waals surface area contributed by atoms with Crippen molar-refractivity contribution in [3.63, 3.8) is 0 Å². The number of hydrogen-bond donors (Lipinski definition) is 4.